The van der Waals surface area contributed by atoms with E-state index in [-0.39, 0.29) is 23.7 Å². The summed E-state index contributed by atoms with van der Waals surface area (Å²) in [7, 11) is 0. The molecule has 1 saturated heterocycles. The summed E-state index contributed by atoms with van der Waals surface area (Å²) in [4.78, 5) is 14.1. The second-order valence-electron chi connectivity index (χ2n) is 6.35. The molecule has 2 amide bonds. The third-order valence-electron chi connectivity index (χ3n) is 5.19. The average Bonchev–Trinajstić information content (AvgIpc) is 2.57. The smallest absolute Gasteiger partial charge is 0.321 e. The molecular weight excluding hydrogens is 316 g/mol. The number of halogens is 1. The SMILES string of the molecule is CCOC1CC(O)C12CCN(C(=O)Nc1ccc(Cl)cc1)CC2. The molecule has 0 radical (unpaired) electrons. The van der Waals surface area contributed by atoms with Gasteiger partial charge in [0.25, 0.3) is 0 Å². The zero-order chi connectivity index (χ0) is 16.4. The van der Waals surface area contributed by atoms with Crippen molar-refractivity contribution in [2.24, 2.45) is 5.41 Å². The van der Waals surface area contributed by atoms with Crippen LogP contribution in [0, 0.1) is 5.41 Å². The molecule has 2 fully saturated rings. The Kier molecular flexibility index (Phi) is 4.80. The van der Waals surface area contributed by atoms with Crippen molar-refractivity contribution in [3.05, 3.63) is 29.3 Å². The van der Waals surface area contributed by atoms with Gasteiger partial charge in [-0.05, 0) is 44.0 Å². The maximum atomic E-state index is 12.3. The number of likely N-dealkylation sites (tertiary alicyclic amines) is 1. The minimum atomic E-state index is -0.305. The molecular formula is C17H23ClN2O3. The first-order valence-electron chi connectivity index (χ1n) is 8.16. The largest absolute Gasteiger partial charge is 0.392 e. The number of nitrogens with zero attached hydrogens (tertiary/aromatic N) is 1. The summed E-state index contributed by atoms with van der Waals surface area (Å²) >= 11 is 5.85. The molecule has 1 aliphatic heterocycles. The highest BCUT2D eigenvalue weighted by molar-refractivity contribution is 6.30. The molecule has 23 heavy (non-hydrogen) atoms. The van der Waals surface area contributed by atoms with Crippen LogP contribution in [0.15, 0.2) is 24.3 Å². The summed E-state index contributed by atoms with van der Waals surface area (Å²) in [5, 5.41) is 13.7. The van der Waals surface area contributed by atoms with Gasteiger partial charge in [-0.15, -0.1) is 0 Å². The number of amides is 2. The van der Waals surface area contributed by atoms with E-state index >= 15 is 0 Å². The maximum Gasteiger partial charge on any atom is 0.321 e. The normalized spacial score (nSPS) is 26.0. The van der Waals surface area contributed by atoms with Gasteiger partial charge in [-0.2, -0.15) is 0 Å². The van der Waals surface area contributed by atoms with Crippen molar-refractivity contribution >= 4 is 23.3 Å². The molecule has 0 bridgehead atoms. The Morgan fingerprint density at radius 1 is 1.39 bits per heavy atom. The molecule has 3 rings (SSSR count). The van der Waals surface area contributed by atoms with Gasteiger partial charge in [-0.25, -0.2) is 4.79 Å². The molecule has 1 aromatic rings. The molecule has 6 heteroatoms. The van der Waals surface area contributed by atoms with Crippen LogP contribution in [0.5, 0.6) is 0 Å². The zero-order valence-electron chi connectivity index (χ0n) is 13.3. The number of nitrogens with one attached hydrogen (secondary N) is 1. The van der Waals surface area contributed by atoms with Crippen LogP contribution in [-0.4, -0.2) is 47.9 Å². The number of carbonyl (C=O) groups excluding carboxylic acids is 1. The number of carbonyl (C=O) groups is 1. The van der Waals surface area contributed by atoms with E-state index in [1.54, 1.807) is 29.2 Å². The first-order chi connectivity index (χ1) is 11.0. The number of aliphatic hydroxyl groups is 1. The van der Waals surface area contributed by atoms with Crippen molar-refractivity contribution in [3.8, 4) is 0 Å². The highest BCUT2D eigenvalue weighted by atomic mass is 35.5. The Morgan fingerprint density at radius 2 is 2.04 bits per heavy atom. The van der Waals surface area contributed by atoms with E-state index < -0.39 is 0 Å². The van der Waals surface area contributed by atoms with Gasteiger partial charge < -0.3 is 20.1 Å². The number of hydrogen-bond donors (Lipinski definition) is 2. The second-order valence-corrected chi connectivity index (χ2v) is 6.79. The highest BCUT2D eigenvalue weighted by Crippen LogP contribution is 2.50. The van der Waals surface area contributed by atoms with Crippen LogP contribution in [0.4, 0.5) is 10.5 Å². The lowest BCUT2D eigenvalue weighted by Gasteiger charge is -2.56. The summed E-state index contributed by atoms with van der Waals surface area (Å²) in [5.41, 5.74) is 0.572. The van der Waals surface area contributed by atoms with Crippen LogP contribution in [0.25, 0.3) is 0 Å². The van der Waals surface area contributed by atoms with Crippen LogP contribution < -0.4 is 5.32 Å². The maximum absolute atomic E-state index is 12.3. The number of anilines is 1. The van der Waals surface area contributed by atoms with Crippen molar-refractivity contribution in [2.75, 3.05) is 25.0 Å². The van der Waals surface area contributed by atoms with Crippen LogP contribution >= 0.6 is 11.6 Å². The monoisotopic (exact) mass is 338 g/mol. The number of urea groups is 1. The van der Waals surface area contributed by atoms with Crippen LogP contribution in [0.3, 0.4) is 0 Å². The Bertz CT molecular complexity index is 553. The number of benzene rings is 1. The van der Waals surface area contributed by atoms with Crippen LogP contribution in [-0.2, 0) is 4.74 Å². The number of hydrogen-bond acceptors (Lipinski definition) is 3. The lowest BCUT2D eigenvalue weighted by atomic mass is 9.58. The minimum Gasteiger partial charge on any atom is -0.392 e. The Labute approximate surface area is 141 Å². The molecule has 1 aliphatic carbocycles. The van der Waals surface area contributed by atoms with Gasteiger partial charge in [-0.3, -0.25) is 0 Å². The lowest BCUT2D eigenvalue weighted by molar-refractivity contribution is -0.207. The molecule has 2 unspecified atom stereocenters. The highest BCUT2D eigenvalue weighted by Gasteiger charge is 2.56. The van der Waals surface area contributed by atoms with Gasteiger partial charge in [0.2, 0.25) is 0 Å². The van der Waals surface area contributed by atoms with E-state index in [9.17, 15) is 9.90 Å². The van der Waals surface area contributed by atoms with E-state index in [0.29, 0.717) is 31.1 Å². The van der Waals surface area contributed by atoms with E-state index in [1.807, 2.05) is 6.92 Å². The summed E-state index contributed by atoms with van der Waals surface area (Å²) in [6.07, 6.45) is 2.11. The van der Waals surface area contributed by atoms with Crippen LogP contribution in [0.1, 0.15) is 26.2 Å². The van der Waals surface area contributed by atoms with Crippen molar-refractivity contribution in [2.45, 2.75) is 38.4 Å². The number of rotatable bonds is 3. The minimum absolute atomic E-state index is 0.107. The quantitative estimate of drug-likeness (QED) is 0.890. The van der Waals surface area contributed by atoms with Gasteiger partial charge in [0.05, 0.1) is 12.2 Å². The third-order valence-corrected chi connectivity index (χ3v) is 5.44. The average molecular weight is 339 g/mol. The predicted molar refractivity (Wildman–Crippen MR) is 89.7 cm³/mol. The van der Waals surface area contributed by atoms with Gasteiger partial charge in [0.1, 0.15) is 0 Å². The summed E-state index contributed by atoms with van der Waals surface area (Å²) < 4.78 is 5.75. The van der Waals surface area contributed by atoms with Crippen molar-refractivity contribution in [1.82, 2.24) is 4.90 Å². The second kappa shape index (κ2) is 6.67. The van der Waals surface area contributed by atoms with Gasteiger partial charge in [0.15, 0.2) is 0 Å². The molecule has 2 N–H and O–H groups in total. The van der Waals surface area contributed by atoms with Gasteiger partial charge >= 0.3 is 6.03 Å². The molecule has 0 aromatic heterocycles. The third kappa shape index (κ3) is 3.18. The van der Waals surface area contributed by atoms with Gasteiger partial charge in [0, 0.05) is 42.2 Å². The lowest BCUT2D eigenvalue weighted by Crippen LogP contribution is -2.63. The molecule has 2 atom stereocenters. The number of aliphatic hydroxyl groups excluding tert-OH is 1. The molecule has 126 valence electrons. The van der Waals surface area contributed by atoms with E-state index in [0.717, 1.165) is 18.5 Å². The molecule has 1 aromatic carbocycles. The van der Waals surface area contributed by atoms with Crippen molar-refractivity contribution in [3.63, 3.8) is 0 Å². The fraction of sp³-hybridized carbons (Fsp3) is 0.588. The van der Waals surface area contributed by atoms with Gasteiger partial charge in [-0.1, -0.05) is 11.6 Å². The molecule has 1 saturated carbocycles. The molecule has 1 spiro atoms. The number of ether oxygens (including phenoxy) is 1. The summed E-state index contributed by atoms with van der Waals surface area (Å²) in [6.45, 7) is 3.92. The first-order valence-corrected chi connectivity index (χ1v) is 8.54. The molecule has 5 nitrogen and oxygen atoms in total. The first kappa shape index (κ1) is 16.6. The van der Waals surface area contributed by atoms with E-state index in [1.165, 1.54) is 0 Å². The topological polar surface area (TPSA) is 61.8 Å². The molecule has 1 heterocycles. The predicted octanol–water partition coefficient (Wildman–Crippen LogP) is 3.12. The summed E-state index contributed by atoms with van der Waals surface area (Å²) in [5.74, 6) is 0. The fourth-order valence-electron chi connectivity index (χ4n) is 3.68. The molecule has 2 aliphatic rings. The fourth-order valence-corrected chi connectivity index (χ4v) is 3.80. The number of piperidine rings is 1. The standard InChI is InChI=1S/C17H23ClN2O3/c1-2-23-15-11-14(21)17(15)7-9-20(10-8-17)16(22)19-13-5-3-12(18)4-6-13/h3-6,14-15,21H,2,7-11H2,1H3,(H,19,22). The van der Waals surface area contributed by atoms with Crippen LogP contribution in [0.2, 0.25) is 5.02 Å². The van der Waals surface area contributed by atoms with E-state index in [2.05, 4.69) is 5.32 Å². The zero-order valence-corrected chi connectivity index (χ0v) is 14.1. The Hall–Kier alpha value is -1.30. The van der Waals surface area contributed by atoms with E-state index in [4.69, 9.17) is 16.3 Å². The van der Waals surface area contributed by atoms with Crippen molar-refractivity contribution < 1.29 is 14.6 Å². The Balaban J connectivity index is 1.56. The Morgan fingerprint density at radius 3 is 2.61 bits per heavy atom. The summed E-state index contributed by atoms with van der Waals surface area (Å²) in [6, 6.07) is 6.96. The van der Waals surface area contributed by atoms with Crippen molar-refractivity contribution in [1.29, 1.82) is 0 Å².